The van der Waals surface area contributed by atoms with Gasteiger partial charge in [-0.2, -0.15) is 0 Å². The molecule has 0 bridgehead atoms. The van der Waals surface area contributed by atoms with Crippen LogP contribution in [-0.2, 0) is 9.53 Å². The highest BCUT2D eigenvalue weighted by Crippen LogP contribution is 2.39. The van der Waals surface area contributed by atoms with Crippen molar-refractivity contribution in [2.45, 2.75) is 32.0 Å². The van der Waals surface area contributed by atoms with Gasteiger partial charge in [-0.25, -0.2) is 9.80 Å². The van der Waals surface area contributed by atoms with Crippen molar-refractivity contribution < 1.29 is 14.4 Å². The molecule has 2 aromatic rings. The maximum atomic E-state index is 12.6. The van der Waals surface area contributed by atoms with E-state index in [1.54, 1.807) is 0 Å². The summed E-state index contributed by atoms with van der Waals surface area (Å²) < 4.78 is 5.07. The van der Waals surface area contributed by atoms with Crippen LogP contribution in [0.5, 0.6) is 0 Å². The lowest BCUT2D eigenvalue weighted by atomic mass is 9.94. The van der Waals surface area contributed by atoms with Crippen molar-refractivity contribution in [3.8, 4) is 0 Å². The number of anilines is 1. The summed E-state index contributed by atoms with van der Waals surface area (Å²) in [4.78, 5) is 16.1. The maximum absolute atomic E-state index is 12.6. The first-order valence-corrected chi connectivity index (χ1v) is 10.1. The molecule has 2 aliphatic heterocycles. The minimum atomic E-state index is -0.461. The third-order valence-electron chi connectivity index (χ3n) is 6.25. The topological polar surface area (TPSA) is 49.6 Å². The highest BCUT2D eigenvalue weighted by molar-refractivity contribution is 6.36. The van der Waals surface area contributed by atoms with Crippen molar-refractivity contribution in [1.29, 1.82) is 0 Å². The lowest BCUT2D eigenvalue weighted by Crippen LogP contribution is -3.09. The molecule has 1 fully saturated rings. The third kappa shape index (κ3) is 3.38. The van der Waals surface area contributed by atoms with Gasteiger partial charge >= 0.3 is 5.97 Å². The summed E-state index contributed by atoms with van der Waals surface area (Å²) >= 11 is 0. The molecular weight excluding hydrogens is 364 g/mol. The number of benzene rings is 2. The Morgan fingerprint density at radius 2 is 1.86 bits per heavy atom. The molecule has 1 saturated heterocycles. The molecular formula is C23H29N4O2+. The van der Waals surface area contributed by atoms with E-state index in [9.17, 15) is 4.79 Å². The smallest absolute Gasteiger partial charge is 0.375 e. The van der Waals surface area contributed by atoms with Gasteiger partial charge in [0.1, 0.15) is 11.7 Å². The number of amidine groups is 1. The second kappa shape index (κ2) is 7.52. The van der Waals surface area contributed by atoms with Crippen LogP contribution in [-0.4, -0.2) is 49.6 Å². The summed E-state index contributed by atoms with van der Waals surface area (Å²) in [5, 5.41) is 6.77. The van der Waals surface area contributed by atoms with Crippen LogP contribution in [0.4, 0.5) is 5.69 Å². The minimum Gasteiger partial charge on any atom is -0.463 e. The standard InChI is InChI=1S/C23H28N4O2/c1-17-10-12-19(13-11-17)27-23(2)16-20(18-8-6-5-7-9-18)25(3)14-15-26(23)21(24-27)22(28)29-4/h5-13,20H,14-16H2,1-4H3/p+1/t20?,23-/m0/s1. The van der Waals surface area contributed by atoms with Gasteiger partial charge in [-0.15, -0.1) is 5.10 Å². The lowest BCUT2D eigenvalue weighted by molar-refractivity contribution is -0.910. The molecule has 0 aliphatic carbocycles. The fraction of sp³-hybridized carbons (Fsp3) is 0.391. The quantitative estimate of drug-likeness (QED) is 0.811. The van der Waals surface area contributed by atoms with Crippen molar-refractivity contribution in [2.24, 2.45) is 5.10 Å². The summed E-state index contributed by atoms with van der Waals surface area (Å²) in [6.07, 6.45) is 0.834. The van der Waals surface area contributed by atoms with Crippen LogP contribution in [0.3, 0.4) is 0 Å². The van der Waals surface area contributed by atoms with Gasteiger partial charge in [-0.05, 0) is 26.0 Å². The molecule has 2 aliphatic rings. The van der Waals surface area contributed by atoms with Crippen LogP contribution in [0.1, 0.15) is 30.5 Å². The van der Waals surface area contributed by atoms with Crippen LogP contribution >= 0.6 is 0 Å². The number of hydrogen-bond acceptors (Lipinski definition) is 5. The largest absolute Gasteiger partial charge is 0.463 e. The second-order valence-electron chi connectivity index (χ2n) is 8.19. The number of esters is 1. The Morgan fingerprint density at radius 1 is 1.17 bits per heavy atom. The zero-order valence-corrected chi connectivity index (χ0v) is 17.6. The number of nitrogens with zero attached hydrogens (tertiary/aromatic N) is 3. The molecule has 6 nitrogen and oxygen atoms in total. The van der Waals surface area contributed by atoms with E-state index in [4.69, 9.17) is 9.84 Å². The number of likely N-dealkylation sites (N-methyl/N-ethyl adjacent to an activating group) is 1. The van der Waals surface area contributed by atoms with Gasteiger partial charge in [0.2, 0.25) is 5.84 Å². The van der Waals surface area contributed by atoms with Gasteiger partial charge in [0, 0.05) is 12.0 Å². The van der Waals surface area contributed by atoms with Crippen LogP contribution < -0.4 is 9.91 Å². The number of methoxy groups -OCH3 is 1. The van der Waals surface area contributed by atoms with Crippen molar-refractivity contribution in [3.63, 3.8) is 0 Å². The van der Waals surface area contributed by atoms with Crippen molar-refractivity contribution in [1.82, 2.24) is 4.90 Å². The molecule has 29 heavy (non-hydrogen) atoms. The first kappa shape index (κ1) is 19.5. The Bertz CT molecular complexity index is 912. The molecule has 2 aromatic carbocycles. The fourth-order valence-electron chi connectivity index (χ4n) is 4.52. The van der Waals surface area contributed by atoms with Crippen LogP contribution in [0.15, 0.2) is 59.7 Å². The summed E-state index contributed by atoms with van der Waals surface area (Å²) in [6.45, 7) is 5.90. The summed E-state index contributed by atoms with van der Waals surface area (Å²) in [5.74, 6) is -0.00117. The van der Waals surface area contributed by atoms with E-state index in [0.29, 0.717) is 11.9 Å². The predicted molar refractivity (Wildman–Crippen MR) is 114 cm³/mol. The van der Waals surface area contributed by atoms with Crippen LogP contribution in [0.25, 0.3) is 0 Å². The Morgan fingerprint density at radius 3 is 2.52 bits per heavy atom. The molecule has 0 spiro atoms. The Balaban J connectivity index is 1.79. The highest BCUT2D eigenvalue weighted by atomic mass is 16.5. The number of nitrogens with one attached hydrogen (secondary N) is 1. The average molecular weight is 394 g/mol. The molecule has 2 unspecified atom stereocenters. The normalized spacial score (nSPS) is 26.6. The number of hydrazone groups is 1. The highest BCUT2D eigenvalue weighted by Gasteiger charge is 2.52. The number of rotatable bonds is 3. The van der Waals surface area contributed by atoms with E-state index >= 15 is 0 Å². The van der Waals surface area contributed by atoms with E-state index in [2.05, 4.69) is 80.4 Å². The number of hydrogen-bond donors (Lipinski definition) is 1. The van der Waals surface area contributed by atoms with Gasteiger partial charge < -0.3 is 14.5 Å². The van der Waals surface area contributed by atoms with Crippen molar-refractivity contribution >= 4 is 17.5 Å². The van der Waals surface area contributed by atoms with Gasteiger partial charge in [0.05, 0.1) is 32.9 Å². The Hall–Kier alpha value is -2.86. The molecule has 1 N–H and O–H groups in total. The molecule has 4 rings (SSSR count). The van der Waals surface area contributed by atoms with E-state index in [1.165, 1.54) is 23.1 Å². The minimum absolute atomic E-state index is 0.298. The molecule has 6 heteroatoms. The first-order valence-electron chi connectivity index (χ1n) is 10.1. The van der Waals surface area contributed by atoms with Crippen molar-refractivity contribution in [3.05, 3.63) is 65.7 Å². The summed E-state index contributed by atoms with van der Waals surface area (Å²) in [7, 11) is 3.65. The van der Waals surface area contributed by atoms with Crippen molar-refractivity contribution in [2.75, 3.05) is 32.3 Å². The molecule has 0 aromatic heterocycles. The molecule has 0 saturated carbocycles. The third-order valence-corrected chi connectivity index (χ3v) is 6.25. The summed E-state index contributed by atoms with van der Waals surface area (Å²) in [5.41, 5.74) is 3.02. The maximum Gasteiger partial charge on any atom is 0.375 e. The van der Waals surface area contributed by atoms with E-state index in [1.807, 2.05) is 5.01 Å². The number of carbonyl (C=O) groups excluding carboxylic acids is 1. The first-order chi connectivity index (χ1) is 13.9. The predicted octanol–water partition coefficient (Wildman–Crippen LogP) is 1.98. The summed E-state index contributed by atoms with van der Waals surface area (Å²) in [6, 6.07) is 19.2. The number of quaternary nitrogens is 1. The van der Waals surface area contributed by atoms with E-state index < -0.39 is 5.66 Å². The number of carbonyl (C=O) groups is 1. The van der Waals surface area contributed by atoms with E-state index in [-0.39, 0.29) is 5.97 Å². The monoisotopic (exact) mass is 393 g/mol. The SMILES string of the molecule is COC(=O)C1=NN(c2ccc(C)cc2)[C@@]2(C)CC(c3ccccc3)[NH+](C)CCN12. The van der Waals surface area contributed by atoms with Gasteiger partial charge in [0.15, 0.2) is 0 Å². The molecule has 2 heterocycles. The zero-order valence-electron chi connectivity index (χ0n) is 17.6. The Kier molecular flexibility index (Phi) is 5.04. The van der Waals surface area contributed by atoms with Crippen LogP contribution in [0.2, 0.25) is 0 Å². The van der Waals surface area contributed by atoms with Crippen LogP contribution in [0, 0.1) is 6.92 Å². The van der Waals surface area contributed by atoms with Gasteiger partial charge in [-0.3, -0.25) is 0 Å². The Labute approximate surface area is 172 Å². The molecule has 152 valence electrons. The van der Waals surface area contributed by atoms with Gasteiger partial charge in [0.25, 0.3) is 0 Å². The van der Waals surface area contributed by atoms with E-state index in [0.717, 1.165) is 25.2 Å². The van der Waals surface area contributed by atoms with Gasteiger partial charge in [-0.1, -0.05) is 48.0 Å². The molecule has 0 amide bonds. The molecule has 3 atom stereocenters. The fourth-order valence-corrected chi connectivity index (χ4v) is 4.52. The number of fused-ring (bicyclic) bond motifs is 1. The molecule has 0 radical (unpaired) electrons. The number of aryl methyl sites for hydroxylation is 1. The lowest BCUT2D eigenvalue weighted by Gasteiger charge is -2.40. The average Bonchev–Trinajstić information content (AvgIpc) is 2.95. The zero-order chi connectivity index (χ0) is 20.6. The second-order valence-corrected chi connectivity index (χ2v) is 8.19. The number of ether oxygens (including phenoxy) is 1.